The lowest BCUT2D eigenvalue weighted by Crippen LogP contribution is -2.15. The van der Waals surface area contributed by atoms with E-state index in [2.05, 4.69) is 4.98 Å². The van der Waals surface area contributed by atoms with Crippen molar-refractivity contribution in [1.82, 2.24) is 4.98 Å². The number of carbonyl (C=O) groups excluding carboxylic acids is 1. The van der Waals surface area contributed by atoms with Crippen LogP contribution in [0.5, 0.6) is 0 Å². The average Bonchev–Trinajstić information content (AvgIpc) is 2.61. The van der Waals surface area contributed by atoms with Crippen LogP contribution in [0.1, 0.15) is 25.5 Å². The summed E-state index contributed by atoms with van der Waals surface area (Å²) >= 11 is 1.27. The van der Waals surface area contributed by atoms with Gasteiger partial charge in [0.15, 0.2) is 15.0 Å². The quantitative estimate of drug-likeness (QED) is 0.804. The number of anilines is 1. The Morgan fingerprint density at radius 1 is 1.47 bits per heavy atom. The van der Waals surface area contributed by atoms with E-state index in [0.29, 0.717) is 17.2 Å². The maximum atomic E-state index is 11.5. The van der Waals surface area contributed by atoms with Gasteiger partial charge in [0.2, 0.25) is 0 Å². The molecule has 2 N–H and O–H groups in total. The summed E-state index contributed by atoms with van der Waals surface area (Å²) in [5.41, 5.74) is 6.05. The van der Waals surface area contributed by atoms with Crippen molar-refractivity contribution in [3.8, 4) is 0 Å². The van der Waals surface area contributed by atoms with Crippen molar-refractivity contribution in [2.75, 3.05) is 17.2 Å². The number of hydrogen-bond acceptors (Lipinski definition) is 6. The van der Waals surface area contributed by atoms with Crippen molar-refractivity contribution in [3.63, 3.8) is 0 Å². The van der Waals surface area contributed by atoms with Gasteiger partial charge in [-0.05, 0) is 6.42 Å². The fourth-order valence-corrected chi connectivity index (χ4v) is 3.30. The first-order valence-electron chi connectivity index (χ1n) is 5.35. The number of nitrogen functional groups attached to an aromatic ring is 1. The van der Waals surface area contributed by atoms with Crippen molar-refractivity contribution in [1.29, 1.82) is 0 Å². The molecule has 17 heavy (non-hydrogen) atoms. The van der Waals surface area contributed by atoms with Gasteiger partial charge in [0, 0.05) is 24.0 Å². The molecule has 0 unspecified atom stereocenters. The maximum absolute atomic E-state index is 11.5. The van der Waals surface area contributed by atoms with Gasteiger partial charge in [-0.25, -0.2) is 13.4 Å². The van der Waals surface area contributed by atoms with Crippen molar-refractivity contribution < 1.29 is 13.2 Å². The number of aromatic nitrogens is 1. The van der Waals surface area contributed by atoms with Crippen molar-refractivity contribution >= 4 is 32.1 Å². The molecule has 0 aliphatic carbocycles. The summed E-state index contributed by atoms with van der Waals surface area (Å²) < 4.78 is 22.8. The number of thiazole rings is 1. The molecule has 1 heterocycles. The van der Waals surface area contributed by atoms with Crippen LogP contribution in [0.25, 0.3) is 0 Å². The molecule has 5 nitrogen and oxygen atoms in total. The summed E-state index contributed by atoms with van der Waals surface area (Å²) in [6, 6.07) is 0. The van der Waals surface area contributed by atoms with Gasteiger partial charge >= 0.3 is 0 Å². The lowest BCUT2D eigenvalue weighted by molar-refractivity contribution is -0.118. The monoisotopic (exact) mass is 276 g/mol. The summed E-state index contributed by atoms with van der Waals surface area (Å²) in [5.74, 6) is -0.0431. The van der Waals surface area contributed by atoms with Crippen LogP contribution < -0.4 is 5.73 Å². The van der Waals surface area contributed by atoms with Gasteiger partial charge in [-0.2, -0.15) is 0 Å². The molecule has 96 valence electrons. The van der Waals surface area contributed by atoms with Gasteiger partial charge in [0.1, 0.15) is 5.78 Å². The number of carbonyl (C=O) groups is 1. The normalized spacial score (nSPS) is 11.6. The molecule has 0 radical (unpaired) electrons. The average molecular weight is 276 g/mol. The van der Waals surface area contributed by atoms with E-state index in [4.69, 9.17) is 5.73 Å². The van der Waals surface area contributed by atoms with E-state index < -0.39 is 9.84 Å². The second-order valence-corrected chi connectivity index (χ2v) is 6.99. The standard InChI is InChI=1S/C10H16N2O3S2/c1-2-4-17(14,15)5-3-9(13)6-8-7-16-10(11)12-8/h7H,2-6H2,1H3,(H2,11,12). The number of nitrogens with zero attached hydrogens (tertiary/aromatic N) is 1. The molecule has 0 bridgehead atoms. The summed E-state index contributed by atoms with van der Waals surface area (Å²) in [6.07, 6.45) is 0.800. The zero-order chi connectivity index (χ0) is 12.9. The van der Waals surface area contributed by atoms with Gasteiger partial charge in [-0.1, -0.05) is 6.92 Å². The number of ketones is 1. The molecule has 0 aliphatic rings. The highest BCUT2D eigenvalue weighted by molar-refractivity contribution is 7.91. The smallest absolute Gasteiger partial charge is 0.180 e. The Morgan fingerprint density at radius 2 is 2.18 bits per heavy atom. The largest absolute Gasteiger partial charge is 0.375 e. The molecule has 7 heteroatoms. The number of sulfone groups is 1. The topological polar surface area (TPSA) is 90.1 Å². The lowest BCUT2D eigenvalue weighted by atomic mass is 10.2. The molecular formula is C10H16N2O3S2. The van der Waals surface area contributed by atoms with Crippen LogP contribution in [0, 0.1) is 0 Å². The molecule has 1 aromatic heterocycles. The van der Waals surface area contributed by atoms with Crippen LogP contribution in [-0.4, -0.2) is 30.7 Å². The fourth-order valence-electron chi connectivity index (χ4n) is 1.38. The van der Waals surface area contributed by atoms with Gasteiger partial charge in [-0.15, -0.1) is 11.3 Å². The number of nitrogens with two attached hydrogens (primary N) is 1. The van der Waals surface area contributed by atoms with E-state index in [1.807, 2.05) is 0 Å². The SMILES string of the molecule is CCCS(=O)(=O)CCC(=O)Cc1csc(N)n1. The molecule has 0 spiro atoms. The Labute approximate surface area is 105 Å². The van der Waals surface area contributed by atoms with Crippen LogP contribution in [0.4, 0.5) is 5.13 Å². The molecular weight excluding hydrogens is 260 g/mol. The third-order valence-corrected chi connectivity index (χ3v) is 4.73. The summed E-state index contributed by atoms with van der Waals surface area (Å²) in [4.78, 5) is 15.5. The minimum absolute atomic E-state index is 0.0553. The van der Waals surface area contributed by atoms with E-state index in [1.165, 1.54) is 11.3 Å². The highest BCUT2D eigenvalue weighted by Crippen LogP contribution is 2.12. The third kappa shape index (κ3) is 5.27. The Kier molecular flexibility index (Phi) is 5.07. The maximum Gasteiger partial charge on any atom is 0.180 e. The first kappa shape index (κ1) is 14.1. The molecule has 0 amide bonds. The minimum atomic E-state index is -3.08. The molecule has 0 fully saturated rings. The first-order valence-corrected chi connectivity index (χ1v) is 8.05. The summed E-state index contributed by atoms with van der Waals surface area (Å²) in [5, 5.41) is 2.14. The highest BCUT2D eigenvalue weighted by Gasteiger charge is 2.13. The second kappa shape index (κ2) is 6.11. The van der Waals surface area contributed by atoms with E-state index in [9.17, 15) is 13.2 Å². The van der Waals surface area contributed by atoms with E-state index in [0.717, 1.165) is 0 Å². The predicted octanol–water partition coefficient (Wildman–Crippen LogP) is 1.05. The minimum Gasteiger partial charge on any atom is -0.375 e. The summed E-state index contributed by atoms with van der Waals surface area (Å²) in [6.45, 7) is 1.80. The van der Waals surface area contributed by atoms with Crippen molar-refractivity contribution in [2.45, 2.75) is 26.2 Å². The molecule has 1 rings (SSSR count). The lowest BCUT2D eigenvalue weighted by Gasteiger charge is -2.01. The Morgan fingerprint density at radius 3 is 2.71 bits per heavy atom. The zero-order valence-electron chi connectivity index (χ0n) is 9.68. The molecule has 0 aliphatic heterocycles. The van der Waals surface area contributed by atoms with E-state index in [-0.39, 0.29) is 30.1 Å². The number of rotatable bonds is 7. The predicted molar refractivity (Wildman–Crippen MR) is 68.8 cm³/mol. The fraction of sp³-hybridized carbons (Fsp3) is 0.600. The van der Waals surface area contributed by atoms with Crippen molar-refractivity contribution in [3.05, 3.63) is 11.1 Å². The van der Waals surface area contributed by atoms with Gasteiger partial charge in [0.25, 0.3) is 0 Å². The van der Waals surface area contributed by atoms with Crippen LogP contribution in [0.2, 0.25) is 0 Å². The van der Waals surface area contributed by atoms with Gasteiger partial charge < -0.3 is 5.73 Å². The molecule has 0 saturated carbocycles. The third-order valence-electron chi connectivity index (χ3n) is 2.15. The number of Topliss-reactive ketones (excluding diaryl/α,β-unsaturated/α-hetero) is 1. The molecule has 1 aromatic rings. The Balaban J connectivity index is 2.41. The molecule has 0 saturated heterocycles. The van der Waals surface area contributed by atoms with Crippen LogP contribution >= 0.6 is 11.3 Å². The Bertz CT molecular complexity index is 479. The van der Waals surface area contributed by atoms with Crippen LogP contribution in [0.15, 0.2) is 5.38 Å². The Hall–Kier alpha value is -0.950. The zero-order valence-corrected chi connectivity index (χ0v) is 11.3. The van der Waals surface area contributed by atoms with Gasteiger partial charge in [0.05, 0.1) is 11.4 Å². The second-order valence-electron chi connectivity index (χ2n) is 3.79. The van der Waals surface area contributed by atoms with Crippen molar-refractivity contribution in [2.24, 2.45) is 0 Å². The van der Waals surface area contributed by atoms with E-state index >= 15 is 0 Å². The highest BCUT2D eigenvalue weighted by atomic mass is 32.2. The van der Waals surface area contributed by atoms with Crippen LogP contribution in [0.3, 0.4) is 0 Å². The molecule has 0 aromatic carbocycles. The molecule has 0 atom stereocenters. The van der Waals surface area contributed by atoms with E-state index in [1.54, 1.807) is 12.3 Å². The summed E-state index contributed by atoms with van der Waals surface area (Å²) in [7, 11) is -3.08. The van der Waals surface area contributed by atoms with Crippen LogP contribution in [-0.2, 0) is 21.1 Å². The first-order chi connectivity index (χ1) is 7.93. The number of hydrogen-bond donors (Lipinski definition) is 1. The van der Waals surface area contributed by atoms with Gasteiger partial charge in [-0.3, -0.25) is 4.79 Å².